The van der Waals surface area contributed by atoms with Crippen LogP contribution in [0.4, 0.5) is 0 Å². The van der Waals surface area contributed by atoms with Crippen LogP contribution in [-0.2, 0) is 0 Å². The Bertz CT molecular complexity index is 168. The first-order valence-corrected chi connectivity index (χ1v) is 8.05. The molecule has 0 heterocycles. The van der Waals surface area contributed by atoms with Crippen molar-refractivity contribution < 1.29 is 10.4 Å². The minimum Gasteiger partial charge on any atom is -0.317 e. The summed E-state index contributed by atoms with van der Waals surface area (Å²) in [5, 5.41) is 16.9. The third-order valence-corrected chi connectivity index (χ3v) is 3.72. The molecule has 0 radical (unpaired) electrons. The van der Waals surface area contributed by atoms with E-state index >= 15 is 0 Å². The SMILES string of the molecule is CC(CCCCCCCNO)CCCCCCNO. The van der Waals surface area contributed by atoms with Crippen molar-refractivity contribution in [1.29, 1.82) is 0 Å². The van der Waals surface area contributed by atoms with Gasteiger partial charge in [-0.1, -0.05) is 64.7 Å². The van der Waals surface area contributed by atoms with Crippen molar-refractivity contribution in [2.45, 2.75) is 77.6 Å². The van der Waals surface area contributed by atoms with Gasteiger partial charge in [-0.15, -0.1) is 0 Å². The summed E-state index contributed by atoms with van der Waals surface area (Å²) in [6, 6.07) is 0. The van der Waals surface area contributed by atoms with E-state index < -0.39 is 0 Å². The molecule has 0 saturated heterocycles. The maximum absolute atomic E-state index is 8.43. The van der Waals surface area contributed by atoms with Crippen LogP contribution in [0.1, 0.15) is 77.6 Å². The van der Waals surface area contributed by atoms with E-state index in [4.69, 9.17) is 10.4 Å². The molecule has 19 heavy (non-hydrogen) atoms. The average Bonchev–Trinajstić information content (AvgIpc) is 2.41. The van der Waals surface area contributed by atoms with Crippen LogP contribution in [0.2, 0.25) is 0 Å². The quantitative estimate of drug-likeness (QED) is 0.270. The highest BCUT2D eigenvalue weighted by atomic mass is 16.5. The number of nitrogens with one attached hydrogen (secondary N) is 2. The maximum Gasteiger partial charge on any atom is 0.0207 e. The van der Waals surface area contributed by atoms with E-state index in [1.807, 2.05) is 0 Å². The lowest BCUT2D eigenvalue weighted by Gasteiger charge is -2.11. The van der Waals surface area contributed by atoms with Crippen LogP contribution in [-0.4, -0.2) is 23.5 Å². The van der Waals surface area contributed by atoms with E-state index in [9.17, 15) is 0 Å². The summed E-state index contributed by atoms with van der Waals surface area (Å²) in [6.07, 6.45) is 13.9. The lowest BCUT2D eigenvalue weighted by atomic mass is 9.96. The predicted molar refractivity (Wildman–Crippen MR) is 79.5 cm³/mol. The topological polar surface area (TPSA) is 64.5 Å². The zero-order valence-corrected chi connectivity index (χ0v) is 12.7. The largest absolute Gasteiger partial charge is 0.317 e. The van der Waals surface area contributed by atoms with Gasteiger partial charge in [-0.2, -0.15) is 0 Å². The maximum atomic E-state index is 8.43. The summed E-state index contributed by atoms with van der Waals surface area (Å²) in [6.45, 7) is 3.81. The van der Waals surface area contributed by atoms with Crippen molar-refractivity contribution in [3.63, 3.8) is 0 Å². The third-order valence-electron chi connectivity index (χ3n) is 3.72. The normalized spacial score (nSPS) is 12.8. The molecule has 0 spiro atoms. The minimum absolute atomic E-state index is 0.724. The van der Waals surface area contributed by atoms with Gasteiger partial charge >= 0.3 is 0 Å². The average molecular weight is 274 g/mol. The zero-order valence-electron chi connectivity index (χ0n) is 12.7. The van der Waals surface area contributed by atoms with E-state index in [1.54, 1.807) is 0 Å². The summed E-state index contributed by atoms with van der Waals surface area (Å²) >= 11 is 0. The molecule has 0 aromatic heterocycles. The highest BCUT2D eigenvalue weighted by Crippen LogP contribution is 2.17. The lowest BCUT2D eigenvalue weighted by Crippen LogP contribution is -2.08. The van der Waals surface area contributed by atoms with E-state index in [1.165, 1.54) is 57.8 Å². The molecule has 0 bridgehead atoms. The number of hydroxylamine groups is 2. The summed E-state index contributed by atoms with van der Waals surface area (Å²) in [4.78, 5) is 0. The molecule has 0 rings (SSSR count). The molecule has 4 heteroatoms. The second-order valence-electron chi connectivity index (χ2n) is 5.68. The standard InChI is InChI=1S/C15H34N2O2/c1-15(12-8-4-6-10-14-17-19)11-7-3-2-5-9-13-16-18/h15-19H,2-14H2,1H3. The Morgan fingerprint density at radius 2 is 1.00 bits per heavy atom. The molecule has 0 aliphatic heterocycles. The van der Waals surface area contributed by atoms with Crippen molar-refractivity contribution in [1.82, 2.24) is 11.0 Å². The fourth-order valence-corrected chi connectivity index (χ4v) is 2.42. The summed E-state index contributed by atoms with van der Waals surface area (Å²) in [5.74, 6) is 0.857. The number of rotatable bonds is 15. The Hall–Kier alpha value is -0.160. The molecule has 116 valence electrons. The molecule has 0 aliphatic carbocycles. The molecule has 0 aromatic carbocycles. The second kappa shape index (κ2) is 15.9. The number of hydrogen-bond donors (Lipinski definition) is 4. The fourth-order valence-electron chi connectivity index (χ4n) is 2.42. The molecular weight excluding hydrogens is 240 g/mol. The van der Waals surface area contributed by atoms with Crippen LogP contribution in [0.15, 0.2) is 0 Å². The molecule has 4 N–H and O–H groups in total. The fraction of sp³-hybridized carbons (Fsp3) is 1.00. The van der Waals surface area contributed by atoms with Crippen molar-refractivity contribution in [3.8, 4) is 0 Å². The first-order valence-electron chi connectivity index (χ1n) is 8.05. The smallest absolute Gasteiger partial charge is 0.0207 e. The van der Waals surface area contributed by atoms with E-state index in [0.29, 0.717) is 0 Å². The van der Waals surface area contributed by atoms with Crippen LogP contribution >= 0.6 is 0 Å². The zero-order chi connectivity index (χ0) is 14.2. The van der Waals surface area contributed by atoms with Crippen molar-refractivity contribution in [2.24, 2.45) is 5.92 Å². The van der Waals surface area contributed by atoms with Gasteiger partial charge in [-0.25, -0.2) is 11.0 Å². The van der Waals surface area contributed by atoms with Crippen molar-refractivity contribution >= 4 is 0 Å². The molecule has 1 unspecified atom stereocenters. The first-order chi connectivity index (χ1) is 9.31. The molecule has 4 nitrogen and oxygen atoms in total. The van der Waals surface area contributed by atoms with Crippen LogP contribution in [0.5, 0.6) is 0 Å². The van der Waals surface area contributed by atoms with Gasteiger partial charge in [0.1, 0.15) is 0 Å². The van der Waals surface area contributed by atoms with Gasteiger partial charge in [-0.05, 0) is 18.8 Å². The Morgan fingerprint density at radius 3 is 1.42 bits per heavy atom. The molecule has 1 atom stereocenters. The molecule has 0 aliphatic rings. The Balaban J connectivity index is 3.10. The number of unbranched alkanes of at least 4 members (excludes halogenated alkanes) is 7. The first kappa shape index (κ1) is 18.8. The van der Waals surface area contributed by atoms with Crippen LogP contribution in [0.3, 0.4) is 0 Å². The van der Waals surface area contributed by atoms with Gasteiger partial charge in [0.15, 0.2) is 0 Å². The molecule has 0 saturated carbocycles. The highest BCUT2D eigenvalue weighted by molar-refractivity contribution is 4.55. The summed E-state index contributed by atoms with van der Waals surface area (Å²) in [5.41, 5.74) is 4.40. The summed E-state index contributed by atoms with van der Waals surface area (Å²) in [7, 11) is 0. The Morgan fingerprint density at radius 1 is 0.632 bits per heavy atom. The van der Waals surface area contributed by atoms with Crippen molar-refractivity contribution in [3.05, 3.63) is 0 Å². The van der Waals surface area contributed by atoms with Gasteiger partial charge in [0, 0.05) is 13.1 Å². The Kier molecular flexibility index (Phi) is 15.8. The van der Waals surface area contributed by atoms with Gasteiger partial charge < -0.3 is 10.4 Å². The summed E-state index contributed by atoms with van der Waals surface area (Å²) < 4.78 is 0. The van der Waals surface area contributed by atoms with Crippen LogP contribution < -0.4 is 11.0 Å². The lowest BCUT2D eigenvalue weighted by molar-refractivity contribution is 0.164. The molecule has 0 fully saturated rings. The number of hydrogen-bond acceptors (Lipinski definition) is 4. The third kappa shape index (κ3) is 15.8. The van der Waals surface area contributed by atoms with E-state index in [-0.39, 0.29) is 0 Å². The van der Waals surface area contributed by atoms with Crippen molar-refractivity contribution in [2.75, 3.05) is 13.1 Å². The molecule has 0 aromatic rings. The Labute approximate surface area is 118 Å². The molecular formula is C15H34N2O2. The van der Waals surface area contributed by atoms with Crippen LogP contribution in [0, 0.1) is 5.92 Å². The van der Waals surface area contributed by atoms with Gasteiger partial charge in [0.05, 0.1) is 0 Å². The second-order valence-corrected chi connectivity index (χ2v) is 5.68. The van der Waals surface area contributed by atoms with E-state index in [2.05, 4.69) is 17.9 Å². The minimum atomic E-state index is 0.724. The molecule has 0 amide bonds. The van der Waals surface area contributed by atoms with Gasteiger partial charge in [0.25, 0.3) is 0 Å². The highest BCUT2D eigenvalue weighted by Gasteiger charge is 2.02. The van der Waals surface area contributed by atoms with Crippen LogP contribution in [0.25, 0.3) is 0 Å². The van der Waals surface area contributed by atoms with E-state index in [0.717, 1.165) is 31.8 Å². The predicted octanol–water partition coefficient (Wildman–Crippen LogP) is 3.87. The van der Waals surface area contributed by atoms with Gasteiger partial charge in [0.2, 0.25) is 0 Å². The monoisotopic (exact) mass is 274 g/mol. The van der Waals surface area contributed by atoms with Gasteiger partial charge in [-0.3, -0.25) is 0 Å².